The summed E-state index contributed by atoms with van der Waals surface area (Å²) >= 11 is 1.68. The van der Waals surface area contributed by atoms with Crippen molar-refractivity contribution in [2.75, 3.05) is 19.4 Å². The number of thiophene rings is 1. The molecule has 0 N–H and O–H groups in total. The lowest BCUT2D eigenvalue weighted by molar-refractivity contribution is 0.219. The van der Waals surface area contributed by atoms with Gasteiger partial charge in [0.05, 0.1) is 19.4 Å². The van der Waals surface area contributed by atoms with Crippen LogP contribution in [-0.4, -0.2) is 19.4 Å². The maximum Gasteiger partial charge on any atom is 0.331 e. The van der Waals surface area contributed by atoms with Crippen LogP contribution in [0.15, 0.2) is 17.5 Å². The molecule has 1 aromatic rings. The highest BCUT2D eigenvalue weighted by Gasteiger charge is 2.27. The van der Waals surface area contributed by atoms with Crippen LogP contribution in [0.2, 0.25) is 0 Å². The molecule has 0 aliphatic heterocycles. The third-order valence-corrected chi connectivity index (χ3v) is 5.58. The number of hydrogen-bond donors (Lipinski definition) is 0. The SMILES string of the molecule is CCOP(=O)(C[C@H](C)c1cccs1)OCC. The Morgan fingerprint density at radius 2 is 2.00 bits per heavy atom. The van der Waals surface area contributed by atoms with Gasteiger partial charge in [0.25, 0.3) is 0 Å². The van der Waals surface area contributed by atoms with E-state index >= 15 is 0 Å². The lowest BCUT2D eigenvalue weighted by atomic mass is 10.2. The molecule has 0 saturated carbocycles. The second-order valence-corrected chi connectivity index (χ2v) is 6.63. The monoisotopic (exact) mass is 262 g/mol. The van der Waals surface area contributed by atoms with Gasteiger partial charge in [0.1, 0.15) is 0 Å². The van der Waals surface area contributed by atoms with Crippen LogP contribution < -0.4 is 0 Å². The van der Waals surface area contributed by atoms with Crippen LogP contribution >= 0.6 is 18.9 Å². The molecular formula is C11H19O3PS. The van der Waals surface area contributed by atoms with E-state index in [1.165, 1.54) is 4.88 Å². The van der Waals surface area contributed by atoms with Crippen LogP contribution in [0, 0.1) is 0 Å². The third kappa shape index (κ3) is 4.02. The highest BCUT2D eigenvalue weighted by Crippen LogP contribution is 2.51. The van der Waals surface area contributed by atoms with E-state index in [0.717, 1.165) is 0 Å². The van der Waals surface area contributed by atoms with Crippen LogP contribution in [0.5, 0.6) is 0 Å². The quantitative estimate of drug-likeness (QED) is 0.693. The zero-order chi connectivity index (χ0) is 12.0. The highest BCUT2D eigenvalue weighted by atomic mass is 32.1. The molecule has 3 nitrogen and oxygen atoms in total. The van der Waals surface area contributed by atoms with Crippen molar-refractivity contribution < 1.29 is 13.6 Å². The van der Waals surface area contributed by atoms with E-state index in [0.29, 0.717) is 19.4 Å². The molecule has 0 aliphatic carbocycles. The summed E-state index contributed by atoms with van der Waals surface area (Å²) in [5.74, 6) is 0.212. The first-order chi connectivity index (χ1) is 7.61. The van der Waals surface area contributed by atoms with Gasteiger partial charge in [0, 0.05) is 10.8 Å². The number of hydrogen-bond acceptors (Lipinski definition) is 4. The van der Waals surface area contributed by atoms with Gasteiger partial charge in [-0.05, 0) is 25.3 Å². The topological polar surface area (TPSA) is 35.5 Å². The average Bonchev–Trinajstić information content (AvgIpc) is 2.70. The molecule has 0 unspecified atom stereocenters. The summed E-state index contributed by atoms with van der Waals surface area (Å²) in [6.07, 6.45) is 0.454. The Kier molecular flexibility index (Phi) is 5.70. The minimum absolute atomic E-state index is 0.212. The summed E-state index contributed by atoms with van der Waals surface area (Å²) in [5, 5.41) is 2.03. The van der Waals surface area contributed by atoms with Gasteiger partial charge < -0.3 is 9.05 Å². The Hall–Kier alpha value is -0.150. The van der Waals surface area contributed by atoms with Crippen molar-refractivity contribution in [3.8, 4) is 0 Å². The van der Waals surface area contributed by atoms with Crippen molar-refractivity contribution >= 4 is 18.9 Å². The fraction of sp³-hybridized carbons (Fsp3) is 0.636. The van der Waals surface area contributed by atoms with E-state index in [9.17, 15) is 4.57 Å². The predicted molar refractivity (Wildman–Crippen MR) is 68.5 cm³/mol. The Morgan fingerprint density at radius 3 is 2.44 bits per heavy atom. The van der Waals surface area contributed by atoms with Gasteiger partial charge in [-0.1, -0.05) is 13.0 Å². The lowest BCUT2D eigenvalue weighted by Crippen LogP contribution is -2.05. The van der Waals surface area contributed by atoms with E-state index in [1.54, 1.807) is 11.3 Å². The second-order valence-electron chi connectivity index (χ2n) is 3.55. The molecule has 0 spiro atoms. The zero-order valence-electron chi connectivity index (χ0n) is 10.0. The fourth-order valence-corrected chi connectivity index (χ4v) is 4.38. The van der Waals surface area contributed by atoms with E-state index < -0.39 is 7.60 Å². The standard InChI is InChI=1S/C11H19O3PS/c1-4-13-15(12,14-5-2)9-10(3)11-7-6-8-16-11/h6-8,10H,4-5,9H2,1-3H3/t10-/m0/s1. The minimum Gasteiger partial charge on any atom is -0.309 e. The molecule has 0 aliphatic rings. The summed E-state index contributed by atoms with van der Waals surface area (Å²) in [4.78, 5) is 1.22. The van der Waals surface area contributed by atoms with Crippen molar-refractivity contribution in [3.63, 3.8) is 0 Å². The van der Waals surface area contributed by atoms with E-state index in [2.05, 4.69) is 13.0 Å². The summed E-state index contributed by atoms with van der Waals surface area (Å²) in [7, 11) is -2.91. The molecule has 1 aromatic heterocycles. The maximum atomic E-state index is 12.3. The van der Waals surface area contributed by atoms with Gasteiger partial charge in [-0.25, -0.2) is 0 Å². The van der Waals surface area contributed by atoms with Gasteiger partial charge >= 0.3 is 7.60 Å². The maximum absolute atomic E-state index is 12.3. The molecule has 0 saturated heterocycles. The summed E-state index contributed by atoms with van der Waals surface area (Å²) in [6, 6.07) is 4.06. The Bertz CT molecular complexity index is 327. The van der Waals surface area contributed by atoms with Crippen LogP contribution in [0.1, 0.15) is 31.6 Å². The van der Waals surface area contributed by atoms with E-state index in [4.69, 9.17) is 9.05 Å². The molecule has 1 heterocycles. The van der Waals surface area contributed by atoms with E-state index in [1.807, 2.05) is 25.3 Å². The van der Waals surface area contributed by atoms with Crippen molar-refractivity contribution in [1.29, 1.82) is 0 Å². The smallest absolute Gasteiger partial charge is 0.309 e. The summed E-state index contributed by atoms with van der Waals surface area (Å²) in [5.41, 5.74) is 0. The van der Waals surface area contributed by atoms with Gasteiger partial charge in [-0.3, -0.25) is 4.57 Å². The van der Waals surface area contributed by atoms with Crippen molar-refractivity contribution in [2.24, 2.45) is 0 Å². The molecule has 1 rings (SSSR count). The third-order valence-electron chi connectivity index (χ3n) is 2.18. The molecule has 0 aromatic carbocycles. The largest absolute Gasteiger partial charge is 0.331 e. The summed E-state index contributed by atoms with van der Waals surface area (Å²) < 4.78 is 22.8. The molecule has 0 amide bonds. The number of rotatable bonds is 7. The first-order valence-electron chi connectivity index (χ1n) is 5.52. The average molecular weight is 262 g/mol. The molecular weight excluding hydrogens is 243 g/mol. The Balaban J connectivity index is 2.64. The highest BCUT2D eigenvalue weighted by molar-refractivity contribution is 7.53. The van der Waals surface area contributed by atoms with Gasteiger partial charge in [0.2, 0.25) is 0 Å². The second kappa shape index (κ2) is 6.55. The summed E-state index contributed by atoms with van der Waals surface area (Å²) in [6.45, 7) is 6.57. The minimum atomic E-state index is -2.91. The molecule has 0 fully saturated rings. The lowest BCUT2D eigenvalue weighted by Gasteiger charge is -2.19. The Morgan fingerprint density at radius 1 is 1.38 bits per heavy atom. The van der Waals surface area contributed by atoms with Crippen molar-refractivity contribution in [1.82, 2.24) is 0 Å². The first kappa shape index (κ1) is 13.9. The van der Waals surface area contributed by atoms with E-state index in [-0.39, 0.29) is 5.92 Å². The van der Waals surface area contributed by atoms with Crippen molar-refractivity contribution in [2.45, 2.75) is 26.7 Å². The molecule has 5 heteroatoms. The first-order valence-corrected chi connectivity index (χ1v) is 8.13. The molecule has 0 radical (unpaired) electrons. The van der Waals surface area contributed by atoms with Gasteiger partial charge in [-0.15, -0.1) is 11.3 Å². The molecule has 92 valence electrons. The van der Waals surface area contributed by atoms with Crippen LogP contribution in [-0.2, 0) is 13.6 Å². The molecule has 16 heavy (non-hydrogen) atoms. The van der Waals surface area contributed by atoms with Crippen LogP contribution in [0.4, 0.5) is 0 Å². The van der Waals surface area contributed by atoms with Crippen molar-refractivity contribution in [3.05, 3.63) is 22.4 Å². The predicted octanol–water partition coefficient (Wildman–Crippen LogP) is 4.12. The van der Waals surface area contributed by atoms with Crippen LogP contribution in [0.3, 0.4) is 0 Å². The zero-order valence-corrected chi connectivity index (χ0v) is 11.7. The molecule has 1 atom stereocenters. The Labute approximate surface area is 101 Å². The van der Waals surface area contributed by atoms with Crippen LogP contribution in [0.25, 0.3) is 0 Å². The van der Waals surface area contributed by atoms with Gasteiger partial charge in [-0.2, -0.15) is 0 Å². The van der Waals surface area contributed by atoms with Gasteiger partial charge in [0.15, 0.2) is 0 Å². The normalized spacial score (nSPS) is 13.9. The molecule has 0 bridgehead atoms. The fourth-order valence-electron chi connectivity index (χ4n) is 1.53.